The van der Waals surface area contributed by atoms with Crippen molar-refractivity contribution in [2.24, 2.45) is 0 Å². The van der Waals surface area contributed by atoms with Crippen LogP contribution in [-0.2, 0) is 10.0 Å². The fraction of sp³-hybridized carbons (Fsp3) is 0.0909. The predicted octanol–water partition coefficient (Wildman–Crippen LogP) is 3.76. The van der Waals surface area contributed by atoms with E-state index in [-0.39, 0.29) is 4.21 Å². The molecule has 1 aromatic heterocycles. The van der Waals surface area contributed by atoms with Crippen molar-refractivity contribution in [3.05, 3.63) is 45.5 Å². The number of benzene rings is 1. The molecule has 0 radical (unpaired) electrons. The van der Waals surface area contributed by atoms with Gasteiger partial charge in [-0.15, -0.1) is 0 Å². The van der Waals surface area contributed by atoms with E-state index in [0.717, 1.165) is 16.1 Å². The van der Waals surface area contributed by atoms with Crippen molar-refractivity contribution >= 4 is 43.0 Å². The molecule has 0 unspecified atom stereocenters. The van der Waals surface area contributed by atoms with Crippen LogP contribution in [0.15, 0.2) is 39.0 Å². The van der Waals surface area contributed by atoms with Crippen LogP contribution in [0.5, 0.6) is 0 Å². The first-order valence-electron chi connectivity index (χ1n) is 4.93. The standard InChI is InChI=1S/C11H9BrFNO2S2/c1-7-6-8(12)2-3-9(7)14-18(15,16)11-5-4-10(13)17-11/h2-6,14H,1H3. The van der Waals surface area contributed by atoms with E-state index in [1.54, 1.807) is 25.1 Å². The van der Waals surface area contributed by atoms with Crippen LogP contribution >= 0.6 is 27.3 Å². The van der Waals surface area contributed by atoms with Crippen LogP contribution in [0.2, 0.25) is 0 Å². The molecule has 0 aliphatic rings. The van der Waals surface area contributed by atoms with E-state index in [1.165, 1.54) is 6.07 Å². The largest absolute Gasteiger partial charge is 0.279 e. The molecule has 2 aromatic rings. The first kappa shape index (κ1) is 13.5. The maximum Gasteiger partial charge on any atom is 0.271 e. The Balaban J connectivity index is 2.33. The second kappa shape index (κ2) is 4.99. The van der Waals surface area contributed by atoms with E-state index >= 15 is 0 Å². The predicted molar refractivity (Wildman–Crippen MR) is 74.0 cm³/mol. The summed E-state index contributed by atoms with van der Waals surface area (Å²) >= 11 is 3.90. The minimum absolute atomic E-state index is 0.0395. The molecule has 7 heteroatoms. The number of sulfonamides is 1. The van der Waals surface area contributed by atoms with Gasteiger partial charge >= 0.3 is 0 Å². The summed E-state index contributed by atoms with van der Waals surface area (Å²) in [7, 11) is -3.71. The molecule has 0 aliphatic heterocycles. The van der Waals surface area contributed by atoms with Crippen LogP contribution in [0.25, 0.3) is 0 Å². The molecule has 0 saturated carbocycles. The van der Waals surface area contributed by atoms with E-state index in [0.29, 0.717) is 17.0 Å². The highest BCUT2D eigenvalue weighted by Crippen LogP contribution is 2.26. The van der Waals surface area contributed by atoms with Crippen LogP contribution in [0.3, 0.4) is 0 Å². The zero-order valence-corrected chi connectivity index (χ0v) is 12.5. The zero-order valence-electron chi connectivity index (χ0n) is 9.28. The molecule has 2 rings (SSSR count). The fourth-order valence-electron chi connectivity index (χ4n) is 1.38. The molecule has 1 aromatic carbocycles. The molecule has 1 heterocycles. The SMILES string of the molecule is Cc1cc(Br)ccc1NS(=O)(=O)c1ccc(F)s1. The molecule has 0 saturated heterocycles. The molecule has 18 heavy (non-hydrogen) atoms. The normalized spacial score (nSPS) is 11.5. The number of halogens is 2. The van der Waals surface area contributed by atoms with E-state index in [4.69, 9.17) is 0 Å². The van der Waals surface area contributed by atoms with E-state index in [2.05, 4.69) is 20.7 Å². The summed E-state index contributed by atoms with van der Waals surface area (Å²) in [6.45, 7) is 1.79. The van der Waals surface area contributed by atoms with Crippen molar-refractivity contribution in [2.45, 2.75) is 11.1 Å². The monoisotopic (exact) mass is 349 g/mol. The fourth-order valence-corrected chi connectivity index (χ4v) is 3.99. The van der Waals surface area contributed by atoms with Crippen molar-refractivity contribution in [1.82, 2.24) is 0 Å². The number of nitrogens with one attached hydrogen (secondary N) is 1. The van der Waals surface area contributed by atoms with Gasteiger partial charge in [-0.3, -0.25) is 4.72 Å². The molecule has 0 fully saturated rings. The Morgan fingerprint density at radius 2 is 2.00 bits per heavy atom. The molecular weight excluding hydrogens is 341 g/mol. The molecule has 1 N–H and O–H groups in total. The highest BCUT2D eigenvalue weighted by Gasteiger charge is 2.17. The second-order valence-electron chi connectivity index (χ2n) is 3.62. The van der Waals surface area contributed by atoms with Gasteiger partial charge in [-0.1, -0.05) is 27.3 Å². The van der Waals surface area contributed by atoms with E-state index in [1.807, 2.05) is 0 Å². The Morgan fingerprint density at radius 1 is 1.28 bits per heavy atom. The minimum Gasteiger partial charge on any atom is -0.279 e. The second-order valence-corrected chi connectivity index (χ2v) is 7.48. The summed E-state index contributed by atoms with van der Waals surface area (Å²) < 4.78 is 40.1. The maximum absolute atomic E-state index is 12.8. The molecule has 0 amide bonds. The third-order valence-corrected chi connectivity index (χ3v) is 5.47. The van der Waals surface area contributed by atoms with Gasteiger partial charge in [0.1, 0.15) is 4.21 Å². The lowest BCUT2D eigenvalue weighted by Crippen LogP contribution is -2.12. The van der Waals surface area contributed by atoms with Crippen molar-refractivity contribution in [1.29, 1.82) is 0 Å². The average molecular weight is 350 g/mol. The van der Waals surface area contributed by atoms with Crippen LogP contribution in [0.4, 0.5) is 10.1 Å². The highest BCUT2D eigenvalue weighted by molar-refractivity contribution is 9.10. The van der Waals surface area contributed by atoms with Gasteiger partial charge in [0, 0.05) is 4.47 Å². The molecule has 0 spiro atoms. The first-order valence-corrected chi connectivity index (χ1v) is 8.02. The summed E-state index contributed by atoms with van der Waals surface area (Å²) in [5, 5.41) is -0.525. The quantitative estimate of drug-likeness (QED) is 0.916. The third-order valence-electron chi connectivity index (χ3n) is 2.25. The number of thiophene rings is 1. The van der Waals surface area contributed by atoms with E-state index < -0.39 is 15.2 Å². The minimum atomic E-state index is -3.71. The van der Waals surface area contributed by atoms with Gasteiger partial charge in [-0.25, -0.2) is 8.42 Å². The number of hydrogen-bond acceptors (Lipinski definition) is 3. The van der Waals surface area contributed by atoms with Crippen molar-refractivity contribution < 1.29 is 12.8 Å². The lowest BCUT2D eigenvalue weighted by Gasteiger charge is -2.09. The zero-order chi connectivity index (χ0) is 13.3. The lowest BCUT2D eigenvalue weighted by molar-refractivity contribution is 0.603. The number of aryl methyl sites for hydroxylation is 1. The number of rotatable bonds is 3. The Morgan fingerprint density at radius 3 is 2.56 bits per heavy atom. The van der Waals surface area contributed by atoms with E-state index in [9.17, 15) is 12.8 Å². The molecule has 96 valence electrons. The van der Waals surface area contributed by atoms with Gasteiger partial charge < -0.3 is 0 Å². The van der Waals surface area contributed by atoms with Crippen molar-refractivity contribution in [3.63, 3.8) is 0 Å². The number of anilines is 1. The summed E-state index contributed by atoms with van der Waals surface area (Å²) in [5.74, 6) is 0. The smallest absolute Gasteiger partial charge is 0.271 e. The van der Waals surface area contributed by atoms with Gasteiger partial charge in [-0.05, 0) is 42.8 Å². The third kappa shape index (κ3) is 2.90. The van der Waals surface area contributed by atoms with Gasteiger partial charge in [-0.2, -0.15) is 4.39 Å². The average Bonchev–Trinajstić information content (AvgIpc) is 2.70. The number of hydrogen-bond donors (Lipinski definition) is 1. The maximum atomic E-state index is 12.8. The Labute approximate surface area is 117 Å². The molecule has 3 nitrogen and oxygen atoms in total. The van der Waals surface area contributed by atoms with Crippen LogP contribution in [0, 0.1) is 12.1 Å². The molecular formula is C11H9BrFNO2S2. The molecule has 0 aliphatic carbocycles. The summed E-state index contributed by atoms with van der Waals surface area (Å²) in [6.07, 6.45) is 0. The Bertz CT molecular complexity index is 682. The first-order chi connectivity index (χ1) is 8.38. The molecule has 0 atom stereocenters. The van der Waals surface area contributed by atoms with Crippen molar-refractivity contribution in [3.8, 4) is 0 Å². The highest BCUT2D eigenvalue weighted by atomic mass is 79.9. The summed E-state index contributed by atoms with van der Waals surface area (Å²) in [4.78, 5) is 0. The van der Waals surface area contributed by atoms with Gasteiger partial charge in [0.2, 0.25) is 0 Å². The lowest BCUT2D eigenvalue weighted by atomic mass is 10.2. The topological polar surface area (TPSA) is 46.2 Å². The Kier molecular flexibility index (Phi) is 3.74. The van der Waals surface area contributed by atoms with Gasteiger partial charge in [0.25, 0.3) is 10.0 Å². The Hall–Kier alpha value is -0.920. The van der Waals surface area contributed by atoms with Crippen molar-refractivity contribution in [2.75, 3.05) is 4.72 Å². The molecule has 0 bridgehead atoms. The van der Waals surface area contributed by atoms with Gasteiger partial charge in [0.05, 0.1) is 5.69 Å². The van der Waals surface area contributed by atoms with Crippen LogP contribution in [-0.4, -0.2) is 8.42 Å². The van der Waals surface area contributed by atoms with Gasteiger partial charge in [0.15, 0.2) is 5.13 Å². The summed E-state index contributed by atoms with van der Waals surface area (Å²) in [5.41, 5.74) is 1.26. The summed E-state index contributed by atoms with van der Waals surface area (Å²) in [6, 6.07) is 7.57. The van der Waals surface area contributed by atoms with Crippen LogP contribution < -0.4 is 4.72 Å². The van der Waals surface area contributed by atoms with Crippen LogP contribution in [0.1, 0.15) is 5.56 Å².